The van der Waals surface area contributed by atoms with Gasteiger partial charge in [-0.2, -0.15) is 8.78 Å². The van der Waals surface area contributed by atoms with Crippen molar-refractivity contribution in [3.8, 4) is 11.5 Å². The Balaban J connectivity index is 1.47. The van der Waals surface area contributed by atoms with Crippen LogP contribution in [0.1, 0.15) is 0 Å². The molecule has 6 nitrogen and oxygen atoms in total. The molecule has 0 saturated heterocycles. The van der Waals surface area contributed by atoms with Gasteiger partial charge in [0.15, 0.2) is 0 Å². The second-order valence-corrected chi connectivity index (χ2v) is 8.67. The maximum atomic E-state index is 14.5. The molecule has 0 aliphatic carbocycles. The molecule has 0 amide bonds. The zero-order chi connectivity index (χ0) is 22.2. The number of fused-ring (bicyclic) bond motifs is 2. The van der Waals surface area contributed by atoms with Crippen LogP contribution in [0.5, 0.6) is 11.5 Å². The summed E-state index contributed by atoms with van der Waals surface area (Å²) in [5.74, 6) is -6.16. The number of benzene rings is 2. The molecule has 0 radical (unpaired) electrons. The molecule has 0 bridgehead atoms. The molecule has 2 aliphatic heterocycles. The van der Waals surface area contributed by atoms with Crippen LogP contribution in [0.15, 0.2) is 68.4 Å². The lowest BCUT2D eigenvalue weighted by Crippen LogP contribution is -2.36. The number of allylic oxidation sites excluding steroid dienone is 2. The van der Waals surface area contributed by atoms with Crippen LogP contribution in [0.3, 0.4) is 0 Å². The maximum Gasteiger partial charge on any atom is 0.370 e. The van der Waals surface area contributed by atoms with Gasteiger partial charge >= 0.3 is 5.92 Å². The van der Waals surface area contributed by atoms with E-state index in [4.69, 9.17) is 9.47 Å². The molecule has 160 valence electrons. The summed E-state index contributed by atoms with van der Waals surface area (Å²) in [6.07, 6.45) is 1.50. The van der Waals surface area contributed by atoms with E-state index in [1.807, 2.05) is 0 Å². The van der Waals surface area contributed by atoms with Gasteiger partial charge in [-0.25, -0.2) is 0 Å². The lowest BCUT2D eigenvalue weighted by Gasteiger charge is -2.10. The van der Waals surface area contributed by atoms with Crippen molar-refractivity contribution in [3.63, 3.8) is 0 Å². The Bertz CT molecular complexity index is 1060. The third-order valence-corrected chi connectivity index (χ3v) is 6.47. The van der Waals surface area contributed by atoms with Gasteiger partial charge in [0, 0.05) is 21.9 Å². The third kappa shape index (κ3) is 4.26. The molecular formula is C21H16F2N2O4S2. The number of halogens is 2. The molecule has 0 aromatic heterocycles. The Labute approximate surface area is 185 Å². The number of ether oxygens (including phenoxy) is 2. The van der Waals surface area contributed by atoms with Crippen molar-refractivity contribution in [2.45, 2.75) is 15.7 Å². The molecule has 2 N–H and O–H groups in total. The monoisotopic (exact) mass is 462 g/mol. The number of carbonyl (C=O) groups excluding carboxylic acids is 2. The van der Waals surface area contributed by atoms with Gasteiger partial charge in [-0.3, -0.25) is 9.59 Å². The van der Waals surface area contributed by atoms with Crippen LogP contribution < -0.4 is 20.1 Å². The zero-order valence-corrected chi connectivity index (χ0v) is 18.0. The fourth-order valence-electron chi connectivity index (χ4n) is 2.86. The van der Waals surface area contributed by atoms with Crippen LogP contribution in [0.2, 0.25) is 0 Å². The van der Waals surface area contributed by atoms with Crippen LogP contribution in [0.4, 0.5) is 20.2 Å². The molecular weight excluding hydrogens is 446 g/mol. The number of nitrogens with one attached hydrogen (secondary N) is 2. The summed E-state index contributed by atoms with van der Waals surface area (Å²) in [4.78, 5) is 25.9. The van der Waals surface area contributed by atoms with E-state index >= 15 is 0 Å². The predicted octanol–water partition coefficient (Wildman–Crippen LogP) is 4.90. The van der Waals surface area contributed by atoms with Gasteiger partial charge in [-0.1, -0.05) is 23.5 Å². The van der Waals surface area contributed by atoms with E-state index in [0.29, 0.717) is 22.9 Å². The number of hydrogen-bond donors (Lipinski definition) is 2. The summed E-state index contributed by atoms with van der Waals surface area (Å²) >= 11 is 2.22. The van der Waals surface area contributed by atoms with Gasteiger partial charge < -0.3 is 20.1 Å². The number of ketones is 2. The van der Waals surface area contributed by atoms with Crippen molar-refractivity contribution < 1.29 is 27.8 Å². The SMILES string of the molecule is COc1ccc2c(c1)S/C(=C\C(=O)C(F)(F)C(=O)/C=C1\Nc3ccc(OC)cc3S1)N2. The first-order chi connectivity index (χ1) is 14.8. The molecule has 0 unspecified atom stereocenters. The summed E-state index contributed by atoms with van der Waals surface area (Å²) in [5, 5.41) is 6.18. The number of carbonyl (C=O) groups is 2. The van der Waals surface area contributed by atoms with Gasteiger partial charge in [-0.15, -0.1) is 0 Å². The second-order valence-electron chi connectivity index (χ2n) is 6.50. The highest BCUT2D eigenvalue weighted by atomic mass is 32.2. The predicted molar refractivity (Wildman–Crippen MR) is 116 cm³/mol. The van der Waals surface area contributed by atoms with Gasteiger partial charge in [0.05, 0.1) is 35.7 Å². The number of hydrogen-bond acceptors (Lipinski definition) is 8. The molecule has 10 heteroatoms. The number of thioether (sulfide) groups is 2. The van der Waals surface area contributed by atoms with E-state index in [9.17, 15) is 18.4 Å². The Morgan fingerprint density at radius 2 is 1.26 bits per heavy atom. The van der Waals surface area contributed by atoms with Gasteiger partial charge in [0.1, 0.15) is 11.5 Å². The van der Waals surface area contributed by atoms with E-state index in [1.165, 1.54) is 14.2 Å². The van der Waals surface area contributed by atoms with Crippen LogP contribution >= 0.6 is 23.5 Å². The minimum atomic E-state index is -4.19. The fraction of sp³-hybridized carbons (Fsp3) is 0.143. The highest BCUT2D eigenvalue weighted by Crippen LogP contribution is 2.44. The average molecular weight is 462 g/mol. The van der Waals surface area contributed by atoms with E-state index in [2.05, 4.69) is 10.6 Å². The molecule has 0 atom stereocenters. The molecule has 31 heavy (non-hydrogen) atoms. The Kier molecular flexibility index (Phi) is 5.67. The molecule has 0 fully saturated rings. The van der Waals surface area contributed by atoms with Crippen molar-refractivity contribution in [3.05, 3.63) is 58.6 Å². The zero-order valence-electron chi connectivity index (χ0n) is 16.3. The van der Waals surface area contributed by atoms with Crippen molar-refractivity contribution in [2.75, 3.05) is 24.9 Å². The van der Waals surface area contributed by atoms with E-state index in [-0.39, 0.29) is 10.1 Å². The van der Waals surface area contributed by atoms with Crippen molar-refractivity contribution >= 4 is 46.5 Å². The van der Waals surface area contributed by atoms with Crippen LogP contribution in [-0.4, -0.2) is 31.7 Å². The molecule has 2 heterocycles. The highest BCUT2D eigenvalue weighted by Gasteiger charge is 2.45. The molecule has 2 aromatic carbocycles. The quantitative estimate of drug-likeness (QED) is 0.464. The number of alkyl halides is 2. The minimum Gasteiger partial charge on any atom is -0.497 e. The van der Waals surface area contributed by atoms with Crippen molar-refractivity contribution in [1.82, 2.24) is 0 Å². The van der Waals surface area contributed by atoms with E-state index in [1.54, 1.807) is 36.4 Å². The Morgan fingerprint density at radius 1 is 0.839 bits per heavy atom. The molecule has 2 aliphatic rings. The Hall–Kier alpha value is -2.98. The van der Waals surface area contributed by atoms with Gasteiger partial charge in [0.25, 0.3) is 0 Å². The second kappa shape index (κ2) is 8.27. The summed E-state index contributed by atoms with van der Waals surface area (Å²) in [7, 11) is 3.03. The first-order valence-electron chi connectivity index (χ1n) is 8.96. The standard InChI is InChI=1S/C21H16F2N2O4S2/c1-28-11-3-5-13-15(7-11)30-19(24-13)9-17(26)21(22,23)18(27)10-20-25-14-6-4-12(29-2)8-16(14)31-20/h3-10,24-25H,1-2H3/b19-9-,20-10+. The number of methoxy groups -OCH3 is 2. The van der Waals surface area contributed by atoms with Gasteiger partial charge in [-0.05, 0) is 36.4 Å². The van der Waals surface area contributed by atoms with Gasteiger partial charge in [0.2, 0.25) is 11.6 Å². The van der Waals surface area contributed by atoms with E-state index < -0.39 is 17.5 Å². The molecule has 2 aromatic rings. The topological polar surface area (TPSA) is 76.7 Å². The maximum absolute atomic E-state index is 14.5. The normalized spacial score (nSPS) is 17.0. The van der Waals surface area contributed by atoms with Crippen LogP contribution in [-0.2, 0) is 9.59 Å². The number of anilines is 2. The summed E-state index contributed by atoms with van der Waals surface area (Å²) in [6.45, 7) is 0. The summed E-state index contributed by atoms with van der Waals surface area (Å²) < 4.78 is 39.3. The fourth-order valence-corrected chi connectivity index (χ4v) is 4.80. The smallest absolute Gasteiger partial charge is 0.370 e. The lowest BCUT2D eigenvalue weighted by atomic mass is 10.1. The van der Waals surface area contributed by atoms with Crippen molar-refractivity contribution in [2.24, 2.45) is 0 Å². The highest BCUT2D eigenvalue weighted by molar-refractivity contribution is 8.04. The molecule has 0 saturated carbocycles. The molecule has 0 spiro atoms. The summed E-state index contributed by atoms with van der Waals surface area (Å²) in [5.41, 5.74) is 1.34. The lowest BCUT2D eigenvalue weighted by molar-refractivity contribution is -0.150. The third-order valence-electron chi connectivity index (χ3n) is 4.48. The first kappa shape index (κ1) is 21.3. The Morgan fingerprint density at radius 3 is 1.65 bits per heavy atom. The minimum absolute atomic E-state index is 0.209. The molecule has 4 rings (SSSR count). The van der Waals surface area contributed by atoms with Crippen LogP contribution in [0, 0.1) is 0 Å². The van der Waals surface area contributed by atoms with E-state index in [0.717, 1.165) is 45.5 Å². The summed E-state index contributed by atoms with van der Waals surface area (Å²) in [6, 6.07) is 10.3. The van der Waals surface area contributed by atoms with Crippen LogP contribution in [0.25, 0.3) is 0 Å². The average Bonchev–Trinajstić information content (AvgIpc) is 3.34. The largest absolute Gasteiger partial charge is 0.497 e. The number of rotatable bonds is 6. The first-order valence-corrected chi connectivity index (χ1v) is 10.6. The van der Waals surface area contributed by atoms with Crippen molar-refractivity contribution in [1.29, 1.82) is 0 Å².